The van der Waals surface area contributed by atoms with Crippen LogP contribution in [0.5, 0.6) is 0 Å². The summed E-state index contributed by atoms with van der Waals surface area (Å²) in [5.41, 5.74) is 3.44. The van der Waals surface area contributed by atoms with Crippen LogP contribution in [-0.2, 0) is 6.54 Å². The molecule has 1 fully saturated rings. The first-order chi connectivity index (χ1) is 10.2. The standard InChI is InChI=1S/C17H18BrFN2/c18-15-11-14(19)8-7-13(15)12-20-16-5-1-2-6-17(16)21-9-3-4-10-21/h1-2,5-8,11,20H,3-4,9-10,12H2. The molecule has 1 aliphatic rings. The van der Waals surface area contributed by atoms with Gasteiger partial charge in [-0.15, -0.1) is 0 Å². The number of hydrogen-bond donors (Lipinski definition) is 1. The van der Waals surface area contributed by atoms with Gasteiger partial charge in [-0.25, -0.2) is 4.39 Å². The molecule has 0 spiro atoms. The zero-order valence-electron chi connectivity index (χ0n) is 11.8. The molecule has 0 saturated carbocycles. The summed E-state index contributed by atoms with van der Waals surface area (Å²) in [5.74, 6) is -0.219. The lowest BCUT2D eigenvalue weighted by Gasteiger charge is -2.22. The van der Waals surface area contributed by atoms with Crippen LogP contribution in [0, 0.1) is 5.82 Å². The molecule has 2 aromatic rings. The predicted octanol–water partition coefficient (Wildman–Crippen LogP) is 4.80. The van der Waals surface area contributed by atoms with Crippen molar-refractivity contribution in [3.05, 3.63) is 58.3 Å². The monoisotopic (exact) mass is 348 g/mol. The normalized spacial score (nSPS) is 14.5. The fourth-order valence-corrected chi connectivity index (χ4v) is 3.20. The van der Waals surface area contributed by atoms with Gasteiger partial charge in [-0.2, -0.15) is 0 Å². The molecule has 2 aromatic carbocycles. The second-order valence-corrected chi connectivity index (χ2v) is 6.15. The average Bonchev–Trinajstić information content (AvgIpc) is 3.01. The minimum Gasteiger partial charge on any atom is -0.379 e. The van der Waals surface area contributed by atoms with Crippen molar-refractivity contribution in [2.45, 2.75) is 19.4 Å². The Labute approximate surface area is 133 Å². The molecule has 4 heteroatoms. The quantitative estimate of drug-likeness (QED) is 0.853. The highest BCUT2D eigenvalue weighted by Crippen LogP contribution is 2.29. The first kappa shape index (κ1) is 14.4. The van der Waals surface area contributed by atoms with E-state index in [0.717, 1.165) is 28.8 Å². The first-order valence-corrected chi connectivity index (χ1v) is 8.05. The number of para-hydroxylation sites is 2. The summed E-state index contributed by atoms with van der Waals surface area (Å²) >= 11 is 3.42. The molecular weight excluding hydrogens is 331 g/mol. The summed E-state index contributed by atoms with van der Waals surface area (Å²) in [6.07, 6.45) is 2.52. The van der Waals surface area contributed by atoms with Gasteiger partial charge in [0.25, 0.3) is 0 Å². The highest BCUT2D eigenvalue weighted by atomic mass is 79.9. The third-order valence-corrected chi connectivity index (χ3v) is 4.57. The zero-order valence-corrected chi connectivity index (χ0v) is 13.4. The Morgan fingerprint density at radius 2 is 1.86 bits per heavy atom. The number of hydrogen-bond acceptors (Lipinski definition) is 2. The molecule has 2 nitrogen and oxygen atoms in total. The van der Waals surface area contributed by atoms with E-state index in [2.05, 4.69) is 44.3 Å². The van der Waals surface area contributed by atoms with Crippen molar-refractivity contribution in [2.75, 3.05) is 23.3 Å². The molecule has 0 aromatic heterocycles. The molecule has 0 radical (unpaired) electrons. The van der Waals surface area contributed by atoms with Crippen molar-refractivity contribution in [3.8, 4) is 0 Å². The Kier molecular flexibility index (Phi) is 4.44. The van der Waals surface area contributed by atoms with Crippen LogP contribution < -0.4 is 10.2 Å². The molecule has 21 heavy (non-hydrogen) atoms. The van der Waals surface area contributed by atoms with Crippen LogP contribution in [0.3, 0.4) is 0 Å². The summed E-state index contributed by atoms with van der Waals surface area (Å²) in [4.78, 5) is 2.42. The van der Waals surface area contributed by atoms with Crippen LogP contribution in [-0.4, -0.2) is 13.1 Å². The topological polar surface area (TPSA) is 15.3 Å². The summed E-state index contributed by atoms with van der Waals surface area (Å²) in [7, 11) is 0. The summed E-state index contributed by atoms with van der Waals surface area (Å²) < 4.78 is 13.9. The van der Waals surface area contributed by atoms with Crippen molar-refractivity contribution in [1.29, 1.82) is 0 Å². The third-order valence-electron chi connectivity index (χ3n) is 3.84. The number of halogens is 2. The van der Waals surface area contributed by atoms with Crippen LogP contribution >= 0.6 is 15.9 Å². The number of rotatable bonds is 4. The van der Waals surface area contributed by atoms with E-state index in [-0.39, 0.29) is 5.82 Å². The van der Waals surface area contributed by atoms with Gasteiger partial charge in [-0.1, -0.05) is 34.1 Å². The van der Waals surface area contributed by atoms with Crippen LogP contribution in [0.2, 0.25) is 0 Å². The van der Waals surface area contributed by atoms with E-state index in [1.807, 2.05) is 12.1 Å². The second-order valence-electron chi connectivity index (χ2n) is 5.30. The molecule has 1 N–H and O–H groups in total. The molecule has 3 rings (SSSR count). The molecule has 0 bridgehead atoms. The van der Waals surface area contributed by atoms with Crippen molar-refractivity contribution >= 4 is 27.3 Å². The molecule has 0 amide bonds. The van der Waals surface area contributed by atoms with Crippen molar-refractivity contribution in [3.63, 3.8) is 0 Å². The Balaban J connectivity index is 1.75. The first-order valence-electron chi connectivity index (χ1n) is 7.26. The van der Waals surface area contributed by atoms with E-state index >= 15 is 0 Å². The van der Waals surface area contributed by atoms with Gasteiger partial charge in [0, 0.05) is 24.1 Å². The van der Waals surface area contributed by atoms with Crippen molar-refractivity contribution < 1.29 is 4.39 Å². The largest absolute Gasteiger partial charge is 0.379 e. The lowest BCUT2D eigenvalue weighted by Crippen LogP contribution is -2.19. The van der Waals surface area contributed by atoms with Crippen molar-refractivity contribution in [1.82, 2.24) is 0 Å². The van der Waals surface area contributed by atoms with E-state index in [4.69, 9.17) is 0 Å². The fraction of sp³-hybridized carbons (Fsp3) is 0.294. The minimum atomic E-state index is -0.219. The average molecular weight is 349 g/mol. The second kappa shape index (κ2) is 6.48. The molecule has 1 aliphatic heterocycles. The van der Waals surface area contributed by atoms with Gasteiger partial charge in [-0.05, 0) is 42.7 Å². The van der Waals surface area contributed by atoms with Crippen LogP contribution in [0.4, 0.5) is 15.8 Å². The van der Waals surface area contributed by atoms with Gasteiger partial charge in [0.2, 0.25) is 0 Å². The van der Waals surface area contributed by atoms with Crippen LogP contribution in [0.1, 0.15) is 18.4 Å². The summed E-state index contributed by atoms with van der Waals surface area (Å²) in [5, 5.41) is 3.47. The molecule has 0 atom stereocenters. The lowest BCUT2D eigenvalue weighted by molar-refractivity contribution is 0.626. The van der Waals surface area contributed by atoms with E-state index in [1.165, 1.54) is 30.7 Å². The van der Waals surface area contributed by atoms with Crippen molar-refractivity contribution in [2.24, 2.45) is 0 Å². The predicted molar refractivity (Wildman–Crippen MR) is 89.3 cm³/mol. The van der Waals surface area contributed by atoms with E-state index in [9.17, 15) is 4.39 Å². The van der Waals surface area contributed by atoms with E-state index < -0.39 is 0 Å². The highest BCUT2D eigenvalue weighted by molar-refractivity contribution is 9.10. The molecule has 110 valence electrons. The van der Waals surface area contributed by atoms with Gasteiger partial charge in [0.15, 0.2) is 0 Å². The maximum absolute atomic E-state index is 13.1. The molecule has 1 heterocycles. The van der Waals surface area contributed by atoms with Gasteiger partial charge < -0.3 is 10.2 Å². The Morgan fingerprint density at radius 3 is 2.62 bits per heavy atom. The van der Waals surface area contributed by atoms with Crippen LogP contribution in [0.25, 0.3) is 0 Å². The maximum atomic E-state index is 13.1. The van der Waals surface area contributed by atoms with Crippen LogP contribution in [0.15, 0.2) is 46.9 Å². The molecule has 0 unspecified atom stereocenters. The number of nitrogens with one attached hydrogen (secondary N) is 1. The maximum Gasteiger partial charge on any atom is 0.124 e. The number of nitrogens with zero attached hydrogens (tertiary/aromatic N) is 1. The van der Waals surface area contributed by atoms with E-state index in [0.29, 0.717) is 6.54 Å². The summed E-state index contributed by atoms with van der Waals surface area (Å²) in [6, 6.07) is 13.2. The molecule has 1 saturated heterocycles. The van der Waals surface area contributed by atoms with Gasteiger partial charge in [0.1, 0.15) is 5.82 Å². The third kappa shape index (κ3) is 3.38. The summed E-state index contributed by atoms with van der Waals surface area (Å²) in [6.45, 7) is 2.92. The van der Waals surface area contributed by atoms with Gasteiger partial charge in [0.05, 0.1) is 11.4 Å². The SMILES string of the molecule is Fc1ccc(CNc2ccccc2N2CCCC2)c(Br)c1. The number of benzene rings is 2. The zero-order chi connectivity index (χ0) is 14.7. The van der Waals surface area contributed by atoms with E-state index in [1.54, 1.807) is 0 Å². The van der Waals surface area contributed by atoms with Gasteiger partial charge in [-0.3, -0.25) is 0 Å². The van der Waals surface area contributed by atoms with Gasteiger partial charge >= 0.3 is 0 Å². The fourth-order valence-electron chi connectivity index (χ4n) is 2.71. The smallest absolute Gasteiger partial charge is 0.124 e. The Morgan fingerprint density at radius 1 is 1.10 bits per heavy atom. The molecule has 0 aliphatic carbocycles. The number of anilines is 2. The lowest BCUT2D eigenvalue weighted by atomic mass is 10.2. The molecular formula is C17H18BrFN2. The Hall–Kier alpha value is -1.55. The minimum absolute atomic E-state index is 0.219. The highest BCUT2D eigenvalue weighted by Gasteiger charge is 2.15. The Bertz CT molecular complexity index is 624.